The van der Waals surface area contributed by atoms with Crippen LogP contribution in [0.25, 0.3) is 0 Å². The Morgan fingerprint density at radius 3 is 2.42 bits per heavy atom. The molecule has 0 bridgehead atoms. The molecule has 0 radical (unpaired) electrons. The van der Waals surface area contributed by atoms with Gasteiger partial charge in [-0.05, 0) is 31.9 Å². The van der Waals surface area contributed by atoms with Crippen LogP contribution in [-0.2, 0) is 12.8 Å². The number of rotatable bonds is 10. The average molecular weight is 283 g/mol. The predicted molar refractivity (Wildman–Crippen MR) is 84.8 cm³/mol. The summed E-state index contributed by atoms with van der Waals surface area (Å²) in [6.45, 7) is 4.20. The highest BCUT2D eigenvalue weighted by Crippen LogP contribution is 2.22. The molecule has 110 valence electrons. The molecule has 0 aliphatic carbocycles. The van der Waals surface area contributed by atoms with Gasteiger partial charge in [0.25, 0.3) is 0 Å². The van der Waals surface area contributed by atoms with Crippen LogP contribution in [0.2, 0.25) is 0 Å². The fourth-order valence-corrected chi connectivity index (χ4v) is 3.44. The van der Waals surface area contributed by atoms with Gasteiger partial charge in [0.05, 0.1) is 6.61 Å². The minimum absolute atomic E-state index is 0.0393. The van der Waals surface area contributed by atoms with E-state index in [1.165, 1.54) is 54.7 Å². The van der Waals surface area contributed by atoms with Crippen LogP contribution in [-0.4, -0.2) is 17.3 Å². The summed E-state index contributed by atoms with van der Waals surface area (Å²) in [5.41, 5.74) is 5.50. The van der Waals surface area contributed by atoms with Gasteiger partial charge in [-0.3, -0.25) is 0 Å². The molecule has 1 unspecified atom stereocenters. The molecule has 1 rings (SSSR count). The maximum Gasteiger partial charge on any atom is 0.0612 e. The fourth-order valence-electron chi connectivity index (χ4n) is 2.19. The number of unbranched alkanes of at least 4 members (excludes halogenated alkanes) is 5. The van der Waals surface area contributed by atoms with E-state index in [4.69, 9.17) is 5.73 Å². The largest absolute Gasteiger partial charge is 0.394 e. The lowest BCUT2D eigenvalue weighted by molar-refractivity contribution is 0.209. The second kappa shape index (κ2) is 8.72. The normalized spacial score (nSPS) is 14.5. The Morgan fingerprint density at radius 1 is 1.11 bits per heavy atom. The summed E-state index contributed by atoms with van der Waals surface area (Å²) >= 11 is 1.85. The first-order chi connectivity index (χ1) is 9.07. The van der Waals surface area contributed by atoms with Crippen LogP contribution in [0.4, 0.5) is 0 Å². The zero-order chi connectivity index (χ0) is 14.1. The van der Waals surface area contributed by atoms with Gasteiger partial charge in [-0.25, -0.2) is 0 Å². The molecule has 1 aromatic rings. The molecule has 2 nitrogen and oxygen atoms in total. The van der Waals surface area contributed by atoms with Crippen LogP contribution in [0.15, 0.2) is 12.1 Å². The smallest absolute Gasteiger partial charge is 0.0612 e. The number of nitrogens with two attached hydrogens (primary N) is 1. The molecule has 1 heterocycles. The minimum Gasteiger partial charge on any atom is -0.394 e. The fraction of sp³-hybridized carbons (Fsp3) is 0.750. The van der Waals surface area contributed by atoms with Crippen molar-refractivity contribution in [1.29, 1.82) is 0 Å². The summed E-state index contributed by atoms with van der Waals surface area (Å²) in [5, 5.41) is 9.19. The van der Waals surface area contributed by atoms with Gasteiger partial charge in [0.1, 0.15) is 0 Å². The molecule has 19 heavy (non-hydrogen) atoms. The van der Waals surface area contributed by atoms with Gasteiger partial charge in [0.2, 0.25) is 0 Å². The molecule has 1 atom stereocenters. The Hall–Kier alpha value is -0.380. The predicted octanol–water partition coefficient (Wildman–Crippen LogP) is 3.90. The summed E-state index contributed by atoms with van der Waals surface area (Å²) in [5.74, 6) is 0. The first-order valence-electron chi connectivity index (χ1n) is 7.55. The van der Waals surface area contributed by atoms with E-state index in [2.05, 4.69) is 19.1 Å². The van der Waals surface area contributed by atoms with Crippen molar-refractivity contribution < 1.29 is 5.11 Å². The summed E-state index contributed by atoms with van der Waals surface area (Å²) in [4.78, 5) is 2.75. The second-order valence-electron chi connectivity index (χ2n) is 5.87. The molecule has 0 aliphatic heterocycles. The van der Waals surface area contributed by atoms with E-state index in [-0.39, 0.29) is 6.61 Å². The molecule has 1 aromatic heterocycles. The third-order valence-electron chi connectivity index (χ3n) is 3.43. The summed E-state index contributed by atoms with van der Waals surface area (Å²) in [6, 6.07) is 4.39. The molecule has 0 saturated heterocycles. The zero-order valence-corrected chi connectivity index (χ0v) is 13.3. The van der Waals surface area contributed by atoms with Crippen LogP contribution >= 0.6 is 11.3 Å². The molecule has 0 amide bonds. The van der Waals surface area contributed by atoms with Gasteiger partial charge in [-0.2, -0.15) is 0 Å². The lowest BCUT2D eigenvalue weighted by Gasteiger charge is -2.20. The highest BCUT2D eigenvalue weighted by molar-refractivity contribution is 7.12. The number of aliphatic hydroxyl groups is 1. The standard InChI is InChI=1S/C16H29NOS/c1-3-4-5-6-7-8-9-14-10-11-15(19-14)12-16(2,17)13-18/h10-11,18H,3-9,12-13,17H2,1-2H3. The quantitative estimate of drug-likeness (QED) is 0.640. The van der Waals surface area contributed by atoms with Gasteiger partial charge < -0.3 is 10.8 Å². The number of hydrogen-bond acceptors (Lipinski definition) is 3. The first-order valence-corrected chi connectivity index (χ1v) is 8.36. The van der Waals surface area contributed by atoms with E-state index in [9.17, 15) is 5.11 Å². The molecular formula is C16H29NOS. The average Bonchev–Trinajstić information content (AvgIpc) is 2.80. The van der Waals surface area contributed by atoms with Crippen molar-refractivity contribution in [3.8, 4) is 0 Å². The van der Waals surface area contributed by atoms with Crippen LogP contribution < -0.4 is 5.73 Å². The molecule has 0 fully saturated rings. The number of hydrogen-bond donors (Lipinski definition) is 2. The SMILES string of the molecule is CCCCCCCCc1ccc(CC(C)(N)CO)s1. The molecule has 0 aromatic carbocycles. The van der Waals surface area contributed by atoms with Crippen molar-refractivity contribution in [2.24, 2.45) is 5.73 Å². The maximum absolute atomic E-state index is 9.19. The van der Waals surface area contributed by atoms with Gasteiger partial charge in [-0.1, -0.05) is 39.0 Å². The van der Waals surface area contributed by atoms with E-state index in [0.29, 0.717) is 0 Å². The zero-order valence-electron chi connectivity index (χ0n) is 12.5. The molecule has 3 N–H and O–H groups in total. The number of thiophene rings is 1. The van der Waals surface area contributed by atoms with Crippen molar-refractivity contribution in [2.75, 3.05) is 6.61 Å². The highest BCUT2D eigenvalue weighted by atomic mass is 32.1. The minimum atomic E-state index is -0.484. The molecule has 0 saturated carbocycles. The molecular weight excluding hydrogens is 254 g/mol. The van der Waals surface area contributed by atoms with Crippen LogP contribution in [0.5, 0.6) is 0 Å². The van der Waals surface area contributed by atoms with Crippen molar-refractivity contribution in [2.45, 2.75) is 70.8 Å². The topological polar surface area (TPSA) is 46.2 Å². The van der Waals surface area contributed by atoms with E-state index in [1.807, 2.05) is 18.3 Å². The van der Waals surface area contributed by atoms with E-state index in [1.54, 1.807) is 0 Å². The maximum atomic E-state index is 9.19. The monoisotopic (exact) mass is 283 g/mol. The Balaban J connectivity index is 2.23. The van der Waals surface area contributed by atoms with Crippen LogP contribution in [0, 0.1) is 0 Å². The van der Waals surface area contributed by atoms with E-state index < -0.39 is 5.54 Å². The van der Waals surface area contributed by atoms with Gasteiger partial charge >= 0.3 is 0 Å². The molecule has 0 spiro atoms. The lowest BCUT2D eigenvalue weighted by atomic mass is 10.00. The Labute approximate surface area is 122 Å². The lowest BCUT2D eigenvalue weighted by Crippen LogP contribution is -2.42. The summed E-state index contributed by atoms with van der Waals surface area (Å²) in [7, 11) is 0. The third-order valence-corrected chi connectivity index (χ3v) is 4.58. The molecule has 3 heteroatoms. The third kappa shape index (κ3) is 7.09. The number of aliphatic hydroxyl groups excluding tert-OH is 1. The van der Waals surface area contributed by atoms with Gasteiger partial charge in [0, 0.05) is 21.7 Å². The van der Waals surface area contributed by atoms with Crippen molar-refractivity contribution in [3.63, 3.8) is 0 Å². The van der Waals surface area contributed by atoms with Crippen molar-refractivity contribution in [3.05, 3.63) is 21.9 Å². The summed E-state index contributed by atoms with van der Waals surface area (Å²) < 4.78 is 0. The second-order valence-corrected chi connectivity index (χ2v) is 7.13. The van der Waals surface area contributed by atoms with Crippen LogP contribution in [0.3, 0.4) is 0 Å². The summed E-state index contributed by atoms with van der Waals surface area (Å²) in [6.07, 6.45) is 10.0. The number of aryl methyl sites for hydroxylation is 1. The van der Waals surface area contributed by atoms with Gasteiger partial charge in [-0.15, -0.1) is 11.3 Å². The van der Waals surface area contributed by atoms with E-state index >= 15 is 0 Å². The van der Waals surface area contributed by atoms with Crippen LogP contribution in [0.1, 0.15) is 62.1 Å². The Morgan fingerprint density at radius 2 is 1.74 bits per heavy atom. The van der Waals surface area contributed by atoms with Gasteiger partial charge in [0.15, 0.2) is 0 Å². The Bertz CT molecular complexity index is 346. The Kier molecular flexibility index (Phi) is 7.66. The van der Waals surface area contributed by atoms with Crippen molar-refractivity contribution in [1.82, 2.24) is 0 Å². The van der Waals surface area contributed by atoms with Crippen molar-refractivity contribution >= 4 is 11.3 Å². The highest BCUT2D eigenvalue weighted by Gasteiger charge is 2.18. The van der Waals surface area contributed by atoms with E-state index in [0.717, 1.165) is 6.42 Å². The first kappa shape index (κ1) is 16.7. The molecule has 0 aliphatic rings.